The largest absolute Gasteiger partial charge is 0.497 e. The molecule has 2 heterocycles. The summed E-state index contributed by atoms with van der Waals surface area (Å²) >= 11 is 1.35. The van der Waals surface area contributed by atoms with E-state index in [-0.39, 0.29) is 5.91 Å². The second kappa shape index (κ2) is 6.94. The predicted octanol–water partition coefficient (Wildman–Crippen LogP) is 3.12. The zero-order valence-electron chi connectivity index (χ0n) is 14.4. The Kier molecular flexibility index (Phi) is 4.71. The van der Waals surface area contributed by atoms with Gasteiger partial charge in [0.25, 0.3) is 5.91 Å². The number of aryl methyl sites for hydroxylation is 2. The first-order chi connectivity index (χ1) is 12.0. The smallest absolute Gasteiger partial charge is 0.275 e. The van der Waals surface area contributed by atoms with Crippen LogP contribution in [0.2, 0.25) is 0 Å². The van der Waals surface area contributed by atoms with E-state index in [1.165, 1.54) is 11.3 Å². The molecule has 0 aliphatic carbocycles. The molecule has 0 atom stereocenters. The van der Waals surface area contributed by atoms with Crippen molar-refractivity contribution in [2.24, 2.45) is 7.05 Å². The number of carbonyl (C=O) groups is 1. The van der Waals surface area contributed by atoms with E-state index in [0.29, 0.717) is 22.3 Å². The van der Waals surface area contributed by atoms with Crippen LogP contribution in [0.5, 0.6) is 11.5 Å². The standard InChI is InChI=1S/C17H18N4O3S/c1-10-7-14(21(2)20-10)16(22)19-17-18-13(9-25-17)12-6-5-11(23-3)8-15(12)24-4/h5-9H,1-4H3,(H,18,19,22). The molecule has 0 radical (unpaired) electrons. The van der Waals surface area contributed by atoms with Crippen LogP contribution < -0.4 is 14.8 Å². The van der Waals surface area contributed by atoms with Gasteiger partial charge < -0.3 is 9.47 Å². The van der Waals surface area contributed by atoms with Crippen molar-refractivity contribution in [2.75, 3.05) is 19.5 Å². The third kappa shape index (κ3) is 3.48. The van der Waals surface area contributed by atoms with Gasteiger partial charge in [-0.25, -0.2) is 4.98 Å². The summed E-state index contributed by atoms with van der Waals surface area (Å²) in [6.45, 7) is 1.84. The molecule has 0 aliphatic rings. The Balaban J connectivity index is 1.83. The Morgan fingerprint density at radius 3 is 2.68 bits per heavy atom. The van der Waals surface area contributed by atoms with Gasteiger partial charge in [0.05, 0.1) is 25.6 Å². The van der Waals surface area contributed by atoms with Crippen molar-refractivity contribution in [3.8, 4) is 22.8 Å². The van der Waals surface area contributed by atoms with Gasteiger partial charge >= 0.3 is 0 Å². The van der Waals surface area contributed by atoms with Gasteiger partial charge in [-0.1, -0.05) is 0 Å². The maximum Gasteiger partial charge on any atom is 0.275 e. The van der Waals surface area contributed by atoms with E-state index in [0.717, 1.165) is 17.0 Å². The number of rotatable bonds is 5. The topological polar surface area (TPSA) is 78.3 Å². The van der Waals surface area contributed by atoms with Crippen LogP contribution in [0.3, 0.4) is 0 Å². The van der Waals surface area contributed by atoms with Crippen LogP contribution in [-0.4, -0.2) is 34.9 Å². The number of thiazole rings is 1. The van der Waals surface area contributed by atoms with Gasteiger partial charge in [-0.3, -0.25) is 14.8 Å². The van der Waals surface area contributed by atoms with E-state index in [2.05, 4.69) is 15.4 Å². The number of carbonyl (C=O) groups excluding carboxylic acids is 1. The first-order valence-corrected chi connectivity index (χ1v) is 8.39. The molecule has 0 saturated carbocycles. The number of ether oxygens (including phenoxy) is 2. The van der Waals surface area contributed by atoms with Gasteiger partial charge in [0.2, 0.25) is 0 Å². The summed E-state index contributed by atoms with van der Waals surface area (Å²) in [7, 11) is 4.93. The van der Waals surface area contributed by atoms with Crippen molar-refractivity contribution in [3.63, 3.8) is 0 Å². The average molecular weight is 358 g/mol. The number of benzene rings is 1. The van der Waals surface area contributed by atoms with Crippen LogP contribution >= 0.6 is 11.3 Å². The lowest BCUT2D eigenvalue weighted by molar-refractivity contribution is 0.101. The normalized spacial score (nSPS) is 10.6. The molecule has 3 rings (SSSR count). The summed E-state index contributed by atoms with van der Waals surface area (Å²) in [5.41, 5.74) is 2.82. The first kappa shape index (κ1) is 17.0. The molecule has 25 heavy (non-hydrogen) atoms. The van der Waals surface area contributed by atoms with Crippen LogP contribution in [0.1, 0.15) is 16.2 Å². The van der Waals surface area contributed by atoms with E-state index in [1.807, 2.05) is 24.4 Å². The molecule has 0 fully saturated rings. The van der Waals surface area contributed by atoms with Gasteiger partial charge in [-0.15, -0.1) is 11.3 Å². The van der Waals surface area contributed by atoms with Crippen molar-refractivity contribution >= 4 is 22.4 Å². The molecular weight excluding hydrogens is 340 g/mol. The lowest BCUT2D eigenvalue weighted by Crippen LogP contribution is -2.15. The molecule has 3 aromatic rings. The van der Waals surface area contributed by atoms with Gasteiger partial charge in [-0.2, -0.15) is 5.10 Å². The van der Waals surface area contributed by atoms with E-state index in [1.54, 1.807) is 38.1 Å². The third-order valence-corrected chi connectivity index (χ3v) is 4.40. The van der Waals surface area contributed by atoms with Crippen LogP contribution in [0, 0.1) is 6.92 Å². The molecule has 0 spiro atoms. The number of methoxy groups -OCH3 is 2. The summed E-state index contributed by atoms with van der Waals surface area (Å²) in [4.78, 5) is 16.8. The monoisotopic (exact) mass is 358 g/mol. The number of hydrogen-bond acceptors (Lipinski definition) is 6. The molecule has 8 heteroatoms. The van der Waals surface area contributed by atoms with Gasteiger partial charge in [0.15, 0.2) is 5.13 Å². The minimum Gasteiger partial charge on any atom is -0.497 e. The van der Waals surface area contributed by atoms with Crippen molar-refractivity contribution in [1.82, 2.24) is 14.8 Å². The summed E-state index contributed by atoms with van der Waals surface area (Å²) < 4.78 is 12.2. The maximum atomic E-state index is 12.4. The van der Waals surface area contributed by atoms with Crippen LogP contribution in [0.4, 0.5) is 5.13 Å². The van der Waals surface area contributed by atoms with Crippen molar-refractivity contribution in [2.45, 2.75) is 6.92 Å². The predicted molar refractivity (Wildman–Crippen MR) is 96.6 cm³/mol. The molecule has 1 amide bonds. The number of amides is 1. The zero-order chi connectivity index (χ0) is 18.0. The summed E-state index contributed by atoms with van der Waals surface area (Å²) in [5.74, 6) is 1.12. The second-order valence-electron chi connectivity index (χ2n) is 5.35. The van der Waals surface area contributed by atoms with Gasteiger partial charge in [-0.05, 0) is 25.1 Å². The highest BCUT2D eigenvalue weighted by Gasteiger charge is 2.15. The van der Waals surface area contributed by atoms with E-state index >= 15 is 0 Å². The number of nitrogens with one attached hydrogen (secondary N) is 1. The molecule has 7 nitrogen and oxygen atoms in total. The molecule has 0 unspecified atom stereocenters. The lowest BCUT2D eigenvalue weighted by atomic mass is 10.1. The summed E-state index contributed by atoms with van der Waals surface area (Å²) in [6, 6.07) is 7.25. The fourth-order valence-corrected chi connectivity index (χ4v) is 3.15. The zero-order valence-corrected chi connectivity index (χ0v) is 15.2. The van der Waals surface area contributed by atoms with Crippen molar-refractivity contribution in [3.05, 3.63) is 41.0 Å². The maximum absolute atomic E-state index is 12.4. The Hall–Kier alpha value is -2.87. The van der Waals surface area contributed by atoms with E-state index < -0.39 is 0 Å². The number of hydrogen-bond donors (Lipinski definition) is 1. The highest BCUT2D eigenvalue weighted by atomic mass is 32.1. The average Bonchev–Trinajstić information content (AvgIpc) is 3.20. The van der Waals surface area contributed by atoms with Crippen molar-refractivity contribution in [1.29, 1.82) is 0 Å². The Morgan fingerprint density at radius 1 is 1.24 bits per heavy atom. The number of aromatic nitrogens is 3. The molecule has 1 aromatic carbocycles. The fourth-order valence-electron chi connectivity index (χ4n) is 2.45. The van der Waals surface area contributed by atoms with E-state index in [4.69, 9.17) is 9.47 Å². The molecule has 2 aromatic heterocycles. The number of anilines is 1. The molecule has 1 N–H and O–H groups in total. The van der Waals surface area contributed by atoms with E-state index in [9.17, 15) is 4.79 Å². The van der Waals surface area contributed by atoms with Gasteiger partial charge in [0, 0.05) is 24.1 Å². The minimum absolute atomic E-state index is 0.245. The Bertz CT molecular complexity index is 917. The summed E-state index contributed by atoms with van der Waals surface area (Å²) in [6.07, 6.45) is 0. The Morgan fingerprint density at radius 2 is 2.04 bits per heavy atom. The van der Waals surface area contributed by atoms with Crippen LogP contribution in [-0.2, 0) is 7.05 Å². The fraction of sp³-hybridized carbons (Fsp3) is 0.235. The lowest BCUT2D eigenvalue weighted by Gasteiger charge is -2.08. The quantitative estimate of drug-likeness (QED) is 0.758. The van der Waals surface area contributed by atoms with Gasteiger partial charge in [0.1, 0.15) is 17.2 Å². The SMILES string of the molecule is COc1ccc(-c2csc(NC(=O)c3cc(C)nn3C)n2)c(OC)c1. The highest BCUT2D eigenvalue weighted by Crippen LogP contribution is 2.34. The molecule has 130 valence electrons. The molecule has 0 bridgehead atoms. The first-order valence-electron chi connectivity index (χ1n) is 7.51. The Labute approximate surface area is 149 Å². The van der Waals surface area contributed by atoms with Crippen LogP contribution in [0.25, 0.3) is 11.3 Å². The van der Waals surface area contributed by atoms with Crippen LogP contribution in [0.15, 0.2) is 29.6 Å². The van der Waals surface area contributed by atoms with Crippen molar-refractivity contribution < 1.29 is 14.3 Å². The molecular formula is C17H18N4O3S. The highest BCUT2D eigenvalue weighted by molar-refractivity contribution is 7.14. The molecule has 0 aliphatic heterocycles. The summed E-state index contributed by atoms with van der Waals surface area (Å²) in [5, 5.41) is 9.36. The third-order valence-electron chi connectivity index (χ3n) is 3.64. The number of nitrogens with zero attached hydrogens (tertiary/aromatic N) is 3. The molecule has 0 saturated heterocycles. The minimum atomic E-state index is -0.245. The second-order valence-corrected chi connectivity index (χ2v) is 6.21.